The molecule has 0 bridgehead atoms. The lowest BCUT2D eigenvalue weighted by Gasteiger charge is -2.22. The number of benzene rings is 1. The molecular formula is C23H29N5O. The lowest BCUT2D eigenvalue weighted by Crippen LogP contribution is -2.38. The number of aliphatic imine (C=N–C) groups is 1. The Bertz CT molecular complexity index is 920. The number of nitrogens with zero attached hydrogens (tertiary/aromatic N) is 4. The van der Waals surface area contributed by atoms with Gasteiger partial charge >= 0.3 is 0 Å². The van der Waals surface area contributed by atoms with Crippen molar-refractivity contribution >= 4 is 5.96 Å². The third-order valence-corrected chi connectivity index (χ3v) is 4.57. The van der Waals surface area contributed by atoms with Gasteiger partial charge in [0.25, 0.3) is 0 Å². The summed E-state index contributed by atoms with van der Waals surface area (Å²) in [7, 11) is 4.12. The van der Waals surface area contributed by atoms with Gasteiger partial charge in [0.15, 0.2) is 5.96 Å². The van der Waals surface area contributed by atoms with Crippen molar-refractivity contribution in [3.8, 4) is 5.75 Å². The number of rotatable bonds is 8. The van der Waals surface area contributed by atoms with Crippen molar-refractivity contribution in [3.63, 3.8) is 0 Å². The van der Waals surface area contributed by atoms with Gasteiger partial charge in [0.1, 0.15) is 12.4 Å². The van der Waals surface area contributed by atoms with Crippen LogP contribution in [0.15, 0.2) is 72.0 Å². The van der Waals surface area contributed by atoms with E-state index in [4.69, 9.17) is 9.73 Å². The number of aromatic nitrogens is 2. The zero-order valence-corrected chi connectivity index (χ0v) is 17.4. The minimum atomic E-state index is 0.454. The van der Waals surface area contributed by atoms with E-state index in [-0.39, 0.29) is 0 Å². The van der Waals surface area contributed by atoms with Crippen molar-refractivity contribution in [3.05, 3.63) is 83.9 Å². The van der Waals surface area contributed by atoms with Gasteiger partial charge in [-0.1, -0.05) is 18.2 Å². The van der Waals surface area contributed by atoms with Crippen LogP contribution in [0.2, 0.25) is 0 Å². The third kappa shape index (κ3) is 6.10. The van der Waals surface area contributed by atoms with Crippen LogP contribution in [-0.2, 0) is 26.7 Å². The highest BCUT2D eigenvalue weighted by Gasteiger charge is 2.08. The van der Waals surface area contributed by atoms with Gasteiger partial charge in [-0.2, -0.15) is 0 Å². The Hall–Kier alpha value is -3.28. The van der Waals surface area contributed by atoms with E-state index < -0.39 is 0 Å². The lowest BCUT2D eigenvalue weighted by atomic mass is 10.2. The first kappa shape index (κ1) is 20.5. The van der Waals surface area contributed by atoms with Gasteiger partial charge in [0.2, 0.25) is 0 Å². The molecule has 0 aliphatic heterocycles. The molecule has 0 atom stereocenters. The van der Waals surface area contributed by atoms with Crippen molar-refractivity contribution in [1.29, 1.82) is 0 Å². The predicted octanol–water partition coefficient (Wildman–Crippen LogP) is 3.60. The van der Waals surface area contributed by atoms with Crippen LogP contribution in [0.1, 0.15) is 23.9 Å². The summed E-state index contributed by atoms with van der Waals surface area (Å²) in [6, 6.07) is 18.1. The number of ether oxygens (including phenoxy) is 1. The molecule has 1 N–H and O–H groups in total. The van der Waals surface area contributed by atoms with E-state index in [2.05, 4.69) is 65.2 Å². The van der Waals surface area contributed by atoms with Crippen LogP contribution in [0, 0.1) is 0 Å². The summed E-state index contributed by atoms with van der Waals surface area (Å²) >= 11 is 0. The fourth-order valence-electron chi connectivity index (χ4n) is 2.99. The fourth-order valence-corrected chi connectivity index (χ4v) is 2.99. The number of guanidine groups is 1. The van der Waals surface area contributed by atoms with Crippen LogP contribution in [0.5, 0.6) is 5.75 Å². The van der Waals surface area contributed by atoms with E-state index in [0.717, 1.165) is 36.1 Å². The highest BCUT2D eigenvalue weighted by molar-refractivity contribution is 5.79. The SMILES string of the molecule is CCNC(=NCc1cccc(OCc2ccccn2)c1)N(C)Cc1cccn1C. The van der Waals surface area contributed by atoms with Gasteiger partial charge in [-0.3, -0.25) is 4.98 Å². The second-order valence-corrected chi connectivity index (χ2v) is 6.89. The van der Waals surface area contributed by atoms with E-state index in [1.807, 2.05) is 36.4 Å². The second-order valence-electron chi connectivity index (χ2n) is 6.89. The number of hydrogen-bond acceptors (Lipinski definition) is 3. The van der Waals surface area contributed by atoms with E-state index in [0.29, 0.717) is 13.2 Å². The first-order chi connectivity index (χ1) is 14.2. The number of pyridine rings is 1. The molecule has 6 nitrogen and oxygen atoms in total. The molecule has 0 radical (unpaired) electrons. The van der Waals surface area contributed by atoms with Crippen LogP contribution in [0.25, 0.3) is 0 Å². The Morgan fingerprint density at radius 2 is 2.07 bits per heavy atom. The van der Waals surface area contributed by atoms with Gasteiger partial charge in [-0.15, -0.1) is 0 Å². The molecule has 3 rings (SSSR count). The van der Waals surface area contributed by atoms with Crippen LogP contribution in [0.4, 0.5) is 0 Å². The third-order valence-electron chi connectivity index (χ3n) is 4.57. The van der Waals surface area contributed by atoms with E-state index in [9.17, 15) is 0 Å². The van der Waals surface area contributed by atoms with Gasteiger partial charge < -0.3 is 19.5 Å². The average Bonchev–Trinajstić information content (AvgIpc) is 3.15. The zero-order valence-electron chi connectivity index (χ0n) is 17.4. The molecule has 0 aliphatic carbocycles. The lowest BCUT2D eigenvalue weighted by molar-refractivity contribution is 0.301. The fraction of sp³-hybridized carbons (Fsp3) is 0.304. The normalized spacial score (nSPS) is 11.3. The molecule has 0 saturated heterocycles. The maximum atomic E-state index is 5.88. The summed E-state index contributed by atoms with van der Waals surface area (Å²) in [5.74, 6) is 1.71. The van der Waals surface area contributed by atoms with Gasteiger partial charge in [0.05, 0.1) is 18.8 Å². The second kappa shape index (κ2) is 10.3. The molecule has 29 heavy (non-hydrogen) atoms. The molecule has 0 spiro atoms. The van der Waals surface area contributed by atoms with Crippen molar-refractivity contribution in [2.45, 2.75) is 26.6 Å². The molecule has 0 fully saturated rings. The molecule has 6 heteroatoms. The van der Waals surface area contributed by atoms with Crippen LogP contribution >= 0.6 is 0 Å². The topological polar surface area (TPSA) is 54.7 Å². The molecule has 152 valence electrons. The van der Waals surface area contributed by atoms with Gasteiger partial charge in [-0.05, 0) is 48.9 Å². The summed E-state index contributed by atoms with van der Waals surface area (Å²) in [4.78, 5) is 11.2. The summed E-state index contributed by atoms with van der Waals surface area (Å²) in [5, 5.41) is 3.37. The van der Waals surface area contributed by atoms with E-state index in [1.165, 1.54) is 5.69 Å². The molecule has 0 aliphatic rings. The largest absolute Gasteiger partial charge is 0.487 e. The Morgan fingerprint density at radius 3 is 2.79 bits per heavy atom. The summed E-state index contributed by atoms with van der Waals surface area (Å²) in [5.41, 5.74) is 3.25. The zero-order chi connectivity index (χ0) is 20.5. The molecule has 2 heterocycles. The maximum absolute atomic E-state index is 5.88. The Labute approximate surface area is 172 Å². The van der Waals surface area contributed by atoms with Crippen LogP contribution < -0.4 is 10.1 Å². The van der Waals surface area contributed by atoms with Crippen molar-refractivity contribution < 1.29 is 4.74 Å². The predicted molar refractivity (Wildman–Crippen MR) is 117 cm³/mol. The smallest absolute Gasteiger partial charge is 0.194 e. The Balaban J connectivity index is 1.63. The van der Waals surface area contributed by atoms with Crippen LogP contribution in [0.3, 0.4) is 0 Å². The van der Waals surface area contributed by atoms with E-state index in [1.54, 1.807) is 6.20 Å². The van der Waals surface area contributed by atoms with Crippen LogP contribution in [-0.4, -0.2) is 34.0 Å². The Kier molecular flexibility index (Phi) is 7.28. The quantitative estimate of drug-likeness (QED) is 0.471. The van der Waals surface area contributed by atoms with E-state index >= 15 is 0 Å². The molecule has 0 unspecified atom stereocenters. The highest BCUT2D eigenvalue weighted by atomic mass is 16.5. The molecule has 3 aromatic rings. The minimum Gasteiger partial charge on any atom is -0.487 e. The monoisotopic (exact) mass is 391 g/mol. The number of aryl methyl sites for hydroxylation is 1. The van der Waals surface area contributed by atoms with Crippen molar-refractivity contribution in [1.82, 2.24) is 19.8 Å². The summed E-state index contributed by atoms with van der Waals surface area (Å²) < 4.78 is 8.01. The molecule has 2 aromatic heterocycles. The number of nitrogens with one attached hydrogen (secondary N) is 1. The van der Waals surface area contributed by atoms with Crippen molar-refractivity contribution in [2.24, 2.45) is 12.0 Å². The molecule has 1 aromatic carbocycles. The number of hydrogen-bond donors (Lipinski definition) is 1. The van der Waals surface area contributed by atoms with Crippen molar-refractivity contribution in [2.75, 3.05) is 13.6 Å². The molecule has 0 saturated carbocycles. The summed E-state index contributed by atoms with van der Waals surface area (Å²) in [6.07, 6.45) is 3.84. The first-order valence-electron chi connectivity index (χ1n) is 9.87. The summed E-state index contributed by atoms with van der Waals surface area (Å²) in [6.45, 7) is 4.74. The maximum Gasteiger partial charge on any atom is 0.194 e. The minimum absolute atomic E-state index is 0.454. The van der Waals surface area contributed by atoms with Gasteiger partial charge in [0, 0.05) is 38.7 Å². The molecule has 0 amide bonds. The molecular weight excluding hydrogens is 362 g/mol. The van der Waals surface area contributed by atoms with Gasteiger partial charge in [-0.25, -0.2) is 4.99 Å². The highest BCUT2D eigenvalue weighted by Crippen LogP contribution is 2.16. The average molecular weight is 392 g/mol. The standard InChI is InChI=1S/C23H29N5O/c1-4-24-23(28(3)17-21-11-8-14-27(21)2)26-16-19-9-7-12-22(15-19)29-18-20-10-5-6-13-25-20/h5-15H,4,16-18H2,1-3H3,(H,24,26). The Morgan fingerprint density at radius 1 is 1.17 bits per heavy atom. The first-order valence-corrected chi connectivity index (χ1v) is 9.87.